The van der Waals surface area contributed by atoms with Crippen LogP contribution in [0.25, 0.3) is 0 Å². The van der Waals surface area contributed by atoms with Crippen LogP contribution in [0, 0.1) is 10.1 Å². The molecule has 0 aliphatic heterocycles. The van der Waals surface area contributed by atoms with Gasteiger partial charge in [0.2, 0.25) is 0 Å². The van der Waals surface area contributed by atoms with Gasteiger partial charge in [-0.3, -0.25) is 10.1 Å². The van der Waals surface area contributed by atoms with Gasteiger partial charge in [0.1, 0.15) is 15.9 Å². The number of hydrogen-bond donors (Lipinski definition) is 1. The first-order valence-electron chi connectivity index (χ1n) is 9.82. The SMILES string of the molecule is O=[N+]([O-])c1ccc(N[P+](c2ccccc2)(c2ccccc2)c2ccccc2)cc1.[Cl][Fe]([Cl])([Cl])[Cl]. The molecule has 0 aliphatic rings. The van der Waals surface area contributed by atoms with Gasteiger partial charge in [-0.1, -0.05) is 54.6 Å². The Morgan fingerprint density at radius 2 is 0.941 bits per heavy atom. The molecule has 0 saturated carbocycles. The quantitative estimate of drug-likeness (QED) is 0.108. The van der Waals surface area contributed by atoms with Gasteiger partial charge >= 0.3 is 49.6 Å². The standard InChI is InChI=1S/C24H20N2O2P.4ClH.Fe/c27-26(28)21-18-16-20(17-19-21)25-29(22-10-4-1-5-11-22,23-12-6-2-7-13-23)24-14-8-3-9-15-24;;;;;/h1-19,25H;4*1H;/q+1;;;;;+4/p-4. The van der Waals surface area contributed by atoms with Crippen LogP contribution in [0.5, 0.6) is 0 Å². The molecule has 178 valence electrons. The van der Waals surface area contributed by atoms with Crippen LogP contribution in [0.15, 0.2) is 115 Å². The van der Waals surface area contributed by atoms with E-state index in [9.17, 15) is 10.1 Å². The molecule has 0 aromatic heterocycles. The third kappa shape index (κ3) is 7.34. The first-order chi connectivity index (χ1) is 16.2. The monoisotopic (exact) mass is 595 g/mol. The van der Waals surface area contributed by atoms with E-state index in [4.69, 9.17) is 40.4 Å². The van der Waals surface area contributed by atoms with E-state index in [1.807, 2.05) is 54.6 Å². The van der Waals surface area contributed by atoms with Crippen molar-refractivity contribution in [1.29, 1.82) is 0 Å². The molecule has 0 amide bonds. The van der Waals surface area contributed by atoms with Gasteiger partial charge in [-0.2, -0.15) is 0 Å². The van der Waals surface area contributed by atoms with Gasteiger partial charge in [0, 0.05) is 12.1 Å². The minimum absolute atomic E-state index is 0.0821. The fourth-order valence-electron chi connectivity index (χ4n) is 3.45. The number of anilines is 1. The van der Waals surface area contributed by atoms with Crippen LogP contribution in [0.4, 0.5) is 11.4 Å². The Balaban J connectivity index is 0.000000588. The van der Waals surface area contributed by atoms with Gasteiger partial charge < -0.3 is 0 Å². The number of rotatable bonds is 6. The molecular formula is C24H20Cl4FeN2O2P+. The molecule has 4 aromatic rings. The van der Waals surface area contributed by atoms with E-state index in [0.717, 1.165) is 5.69 Å². The number of hydrogen-bond acceptors (Lipinski definition) is 3. The Kier molecular flexibility index (Phi) is 9.64. The molecular weight excluding hydrogens is 577 g/mol. The summed E-state index contributed by atoms with van der Waals surface area (Å²) in [6.45, 7) is 0. The molecule has 0 radical (unpaired) electrons. The maximum atomic E-state index is 11.1. The summed E-state index contributed by atoms with van der Waals surface area (Å²) in [6, 6.07) is 37.8. The molecule has 10 heteroatoms. The molecule has 1 N–H and O–H groups in total. The summed E-state index contributed by atoms with van der Waals surface area (Å²) in [5, 5.41) is 18.4. The zero-order chi connectivity index (χ0) is 24.6. The van der Waals surface area contributed by atoms with E-state index in [-0.39, 0.29) is 10.6 Å². The summed E-state index contributed by atoms with van der Waals surface area (Å²) in [4.78, 5) is 10.7. The summed E-state index contributed by atoms with van der Waals surface area (Å²) in [5.41, 5.74) is 0.930. The van der Waals surface area contributed by atoms with Crippen LogP contribution in [-0.4, -0.2) is 4.92 Å². The van der Waals surface area contributed by atoms with E-state index in [2.05, 4.69) is 41.5 Å². The number of halogens is 4. The number of benzene rings is 4. The predicted octanol–water partition coefficient (Wildman–Crippen LogP) is 7.67. The number of nitrogens with zero attached hydrogens (tertiary/aromatic N) is 1. The number of nitro groups is 1. The molecule has 0 aliphatic carbocycles. The second-order valence-electron chi connectivity index (χ2n) is 6.90. The molecule has 0 saturated heterocycles. The van der Waals surface area contributed by atoms with Gasteiger partial charge in [-0.15, -0.1) is 0 Å². The van der Waals surface area contributed by atoms with E-state index < -0.39 is 16.6 Å². The Labute approximate surface area is 218 Å². The van der Waals surface area contributed by atoms with Crippen LogP contribution in [-0.2, 0) is 9.20 Å². The molecule has 0 bridgehead atoms. The molecule has 34 heavy (non-hydrogen) atoms. The summed E-state index contributed by atoms with van der Waals surface area (Å²) >= 11 is 0. The number of non-ortho nitro benzene ring substituents is 1. The molecule has 0 atom stereocenters. The van der Waals surface area contributed by atoms with Gasteiger partial charge in [0.15, 0.2) is 7.41 Å². The van der Waals surface area contributed by atoms with E-state index in [0.29, 0.717) is 0 Å². The summed E-state index contributed by atoms with van der Waals surface area (Å²) < 4.78 is 0. The second-order valence-corrected chi connectivity index (χ2v) is 21.0. The van der Waals surface area contributed by atoms with Crippen molar-refractivity contribution < 1.29 is 14.1 Å². The van der Waals surface area contributed by atoms with E-state index in [1.165, 1.54) is 28.0 Å². The average Bonchev–Trinajstić information content (AvgIpc) is 2.83. The van der Waals surface area contributed by atoms with Crippen molar-refractivity contribution in [2.24, 2.45) is 0 Å². The average molecular weight is 597 g/mol. The van der Waals surface area contributed by atoms with Crippen molar-refractivity contribution in [2.75, 3.05) is 5.09 Å². The first kappa shape index (κ1) is 26.8. The Morgan fingerprint density at radius 1 is 0.618 bits per heavy atom. The van der Waals surface area contributed by atoms with Crippen molar-refractivity contribution in [3.8, 4) is 0 Å². The normalized spacial score (nSPS) is 11.6. The van der Waals surface area contributed by atoms with Crippen molar-refractivity contribution in [3.63, 3.8) is 0 Å². The van der Waals surface area contributed by atoms with Crippen LogP contribution in [0.2, 0.25) is 0 Å². The fraction of sp³-hybridized carbons (Fsp3) is 0. The van der Waals surface area contributed by atoms with Crippen molar-refractivity contribution in [1.82, 2.24) is 0 Å². The van der Waals surface area contributed by atoms with Gasteiger partial charge in [-0.25, -0.2) is 5.09 Å². The zero-order valence-corrected chi connectivity index (χ0v) is 22.6. The van der Waals surface area contributed by atoms with Crippen molar-refractivity contribution >= 4 is 75.1 Å². The Hall–Kier alpha value is -1.81. The van der Waals surface area contributed by atoms with Gasteiger partial charge in [-0.05, 0) is 48.5 Å². The summed E-state index contributed by atoms with van der Waals surface area (Å²) in [7, 11) is 15.0. The van der Waals surface area contributed by atoms with E-state index >= 15 is 0 Å². The second kappa shape index (κ2) is 12.2. The van der Waals surface area contributed by atoms with Gasteiger partial charge in [0.25, 0.3) is 5.69 Å². The topological polar surface area (TPSA) is 55.2 Å². The third-order valence-corrected chi connectivity index (χ3v) is 8.62. The van der Waals surface area contributed by atoms with Crippen LogP contribution in [0.1, 0.15) is 0 Å². The molecule has 0 unspecified atom stereocenters. The van der Waals surface area contributed by atoms with Crippen molar-refractivity contribution in [3.05, 3.63) is 125 Å². The molecule has 0 spiro atoms. The van der Waals surface area contributed by atoms with Crippen LogP contribution < -0.4 is 21.0 Å². The fourth-order valence-corrected chi connectivity index (χ4v) is 7.12. The molecule has 4 aromatic carbocycles. The summed E-state index contributed by atoms with van der Waals surface area (Å²) in [5.74, 6) is 0. The Morgan fingerprint density at radius 3 is 1.24 bits per heavy atom. The number of nitro benzene ring substituents is 1. The maximum absolute atomic E-state index is 11.1. The molecule has 0 heterocycles. The minimum atomic E-state index is -2.61. The van der Waals surface area contributed by atoms with E-state index in [1.54, 1.807) is 12.1 Å². The van der Waals surface area contributed by atoms with Crippen LogP contribution in [0.3, 0.4) is 0 Å². The third-order valence-electron chi connectivity index (χ3n) is 4.81. The Bertz CT molecular complexity index is 1090. The van der Waals surface area contributed by atoms with Crippen LogP contribution >= 0.6 is 47.8 Å². The van der Waals surface area contributed by atoms with Gasteiger partial charge in [0.05, 0.1) is 10.6 Å². The number of nitrogens with one attached hydrogen (secondary N) is 1. The molecule has 0 fully saturated rings. The molecule has 4 nitrogen and oxygen atoms in total. The zero-order valence-electron chi connectivity index (χ0n) is 17.5. The van der Waals surface area contributed by atoms with Crippen molar-refractivity contribution in [2.45, 2.75) is 0 Å². The summed E-state index contributed by atoms with van der Waals surface area (Å²) in [6.07, 6.45) is 0. The predicted molar refractivity (Wildman–Crippen MR) is 145 cm³/mol. The first-order valence-corrected chi connectivity index (χ1v) is 17.7. The molecule has 4 rings (SSSR count).